The molecule has 146 valence electrons. The molecule has 0 bridgehead atoms. The minimum absolute atomic E-state index is 0.473. The van der Waals surface area contributed by atoms with Gasteiger partial charge in [0.15, 0.2) is 0 Å². The fourth-order valence-electron chi connectivity index (χ4n) is 3.70. The lowest BCUT2D eigenvalue weighted by atomic mass is 9.91. The molecule has 0 fully saturated rings. The van der Waals surface area contributed by atoms with Crippen LogP contribution in [0.2, 0.25) is 0 Å². The van der Waals surface area contributed by atoms with Crippen LogP contribution in [0.3, 0.4) is 0 Å². The van der Waals surface area contributed by atoms with Crippen LogP contribution < -0.4 is 22.5 Å². The van der Waals surface area contributed by atoms with Gasteiger partial charge in [0.1, 0.15) is 5.82 Å². The van der Waals surface area contributed by atoms with Crippen molar-refractivity contribution in [2.75, 3.05) is 16.8 Å². The molecule has 4 rings (SSSR count). The molecule has 4 aromatic rings. The first-order valence-corrected chi connectivity index (χ1v) is 9.88. The summed E-state index contributed by atoms with van der Waals surface area (Å²) in [5, 5.41) is 3.51. The van der Waals surface area contributed by atoms with Crippen LogP contribution in [0.1, 0.15) is 10.4 Å². The molecule has 0 unspecified atom stereocenters. The lowest BCUT2D eigenvalue weighted by Gasteiger charge is -2.14. The highest BCUT2D eigenvalue weighted by atomic mass is 32.1. The summed E-state index contributed by atoms with van der Waals surface area (Å²) in [6.45, 7) is 4.08. The molecule has 0 aliphatic heterocycles. The van der Waals surface area contributed by atoms with Crippen LogP contribution in [0.5, 0.6) is 0 Å². The molecule has 0 atom stereocenters. The number of amides is 2. The number of aromatic nitrogens is 1. The fraction of sp³-hybridized carbons (Fsp3) is 0.0909. The number of nitrogens with one attached hydrogen (secondary N) is 1. The first kappa shape index (κ1) is 18.8. The zero-order valence-corrected chi connectivity index (χ0v) is 16.9. The third-order valence-corrected chi connectivity index (χ3v) is 6.08. The van der Waals surface area contributed by atoms with Crippen molar-refractivity contribution >= 4 is 44.6 Å². The first-order chi connectivity index (χ1) is 13.9. The molecule has 0 aliphatic rings. The summed E-state index contributed by atoms with van der Waals surface area (Å²) in [7, 11) is 0. The van der Waals surface area contributed by atoms with Gasteiger partial charge in [-0.25, -0.2) is 9.78 Å². The fourth-order valence-corrected chi connectivity index (χ4v) is 4.80. The summed E-state index contributed by atoms with van der Waals surface area (Å²) >= 11 is 1.63. The summed E-state index contributed by atoms with van der Waals surface area (Å²) in [5.74, 6) is 0.473. The van der Waals surface area contributed by atoms with Gasteiger partial charge in [-0.2, -0.15) is 0 Å². The summed E-state index contributed by atoms with van der Waals surface area (Å²) in [5.41, 5.74) is 24.2. The van der Waals surface area contributed by atoms with Gasteiger partial charge in [-0.1, -0.05) is 30.3 Å². The highest BCUT2D eigenvalue weighted by molar-refractivity contribution is 7.20. The molecule has 0 saturated carbocycles. The minimum atomic E-state index is -0.585. The number of primary amides is 1. The van der Waals surface area contributed by atoms with Gasteiger partial charge in [0.2, 0.25) is 0 Å². The number of nitrogens with two attached hydrogens (primary N) is 3. The SMILES string of the molecule is Cc1cc(NC(N)=O)ccc1-c1ccccc1-c1c(C)sc2c(N)cnc(N)c12. The normalized spacial score (nSPS) is 11.0. The van der Waals surface area contributed by atoms with Crippen LogP contribution in [0, 0.1) is 13.8 Å². The Morgan fingerprint density at radius 2 is 1.76 bits per heavy atom. The second-order valence-corrected chi connectivity index (χ2v) is 8.13. The van der Waals surface area contributed by atoms with Crippen molar-refractivity contribution in [2.24, 2.45) is 5.73 Å². The van der Waals surface area contributed by atoms with E-state index in [1.807, 2.05) is 37.3 Å². The molecule has 2 amide bonds. The number of pyridine rings is 1. The Morgan fingerprint density at radius 3 is 2.45 bits per heavy atom. The zero-order valence-electron chi connectivity index (χ0n) is 16.1. The maximum absolute atomic E-state index is 11.2. The van der Waals surface area contributed by atoms with E-state index in [1.54, 1.807) is 17.5 Å². The van der Waals surface area contributed by atoms with Gasteiger partial charge in [0, 0.05) is 21.5 Å². The molecular weight excluding hydrogens is 382 g/mol. The van der Waals surface area contributed by atoms with Crippen molar-refractivity contribution in [3.05, 3.63) is 59.1 Å². The highest BCUT2D eigenvalue weighted by Gasteiger charge is 2.19. The molecule has 6 nitrogen and oxygen atoms in total. The van der Waals surface area contributed by atoms with Gasteiger partial charge in [-0.3, -0.25) is 0 Å². The maximum atomic E-state index is 11.2. The smallest absolute Gasteiger partial charge is 0.316 e. The van der Waals surface area contributed by atoms with Crippen LogP contribution in [0.4, 0.5) is 22.0 Å². The number of urea groups is 1. The molecule has 0 saturated heterocycles. The second-order valence-electron chi connectivity index (χ2n) is 6.90. The third-order valence-electron chi connectivity index (χ3n) is 4.93. The van der Waals surface area contributed by atoms with E-state index in [2.05, 4.69) is 29.4 Å². The first-order valence-electron chi connectivity index (χ1n) is 9.06. The number of benzene rings is 2. The average Bonchev–Trinajstić information content (AvgIpc) is 3.03. The predicted molar refractivity (Wildman–Crippen MR) is 122 cm³/mol. The lowest BCUT2D eigenvalue weighted by molar-refractivity contribution is 0.259. The Kier molecular flexibility index (Phi) is 4.60. The van der Waals surface area contributed by atoms with Gasteiger partial charge in [0.25, 0.3) is 0 Å². The number of hydrogen-bond acceptors (Lipinski definition) is 5. The minimum Gasteiger partial charge on any atom is -0.396 e. The summed E-state index contributed by atoms with van der Waals surface area (Å²) in [6.07, 6.45) is 1.61. The van der Waals surface area contributed by atoms with Crippen molar-refractivity contribution in [1.82, 2.24) is 4.98 Å². The van der Waals surface area contributed by atoms with Gasteiger partial charge >= 0.3 is 6.03 Å². The third kappa shape index (κ3) is 3.25. The summed E-state index contributed by atoms with van der Waals surface area (Å²) < 4.78 is 0.956. The molecule has 0 radical (unpaired) electrons. The van der Waals surface area contributed by atoms with Crippen molar-refractivity contribution < 1.29 is 4.79 Å². The maximum Gasteiger partial charge on any atom is 0.316 e. The molecule has 7 N–H and O–H groups in total. The number of thiophene rings is 1. The number of anilines is 3. The monoisotopic (exact) mass is 403 g/mol. The topological polar surface area (TPSA) is 120 Å². The molecule has 0 spiro atoms. The number of nitrogens with zero attached hydrogens (tertiary/aromatic N) is 1. The van der Waals surface area contributed by atoms with Crippen LogP contribution >= 0.6 is 11.3 Å². The number of hydrogen-bond donors (Lipinski definition) is 4. The van der Waals surface area contributed by atoms with E-state index in [4.69, 9.17) is 17.2 Å². The molecular formula is C22H21N5OS. The highest BCUT2D eigenvalue weighted by Crippen LogP contribution is 2.46. The summed E-state index contributed by atoms with van der Waals surface area (Å²) in [6, 6.07) is 13.3. The standard InChI is InChI=1S/C22H21N5OS/c1-11-9-13(27-22(25)28)7-8-14(11)15-5-3-4-6-16(15)18-12(2)29-20-17(23)10-26-21(24)19(18)20/h3-10H,23H2,1-2H3,(H2,24,26)(H3,25,27,28). The van der Waals surface area contributed by atoms with E-state index in [-0.39, 0.29) is 0 Å². The Labute approximate surface area is 172 Å². The van der Waals surface area contributed by atoms with Crippen LogP contribution in [0.15, 0.2) is 48.7 Å². The van der Waals surface area contributed by atoms with E-state index in [0.717, 1.165) is 42.8 Å². The average molecular weight is 404 g/mol. The molecule has 2 heterocycles. The Balaban J connectivity index is 1.95. The van der Waals surface area contributed by atoms with E-state index in [0.29, 0.717) is 17.2 Å². The Bertz CT molecular complexity index is 1260. The lowest BCUT2D eigenvalue weighted by Crippen LogP contribution is -2.19. The second kappa shape index (κ2) is 7.10. The van der Waals surface area contributed by atoms with E-state index in [9.17, 15) is 4.79 Å². The quantitative estimate of drug-likeness (QED) is 0.389. The molecule has 2 aromatic heterocycles. The number of carbonyl (C=O) groups excluding carboxylic acids is 1. The number of aryl methyl sites for hydroxylation is 2. The number of carbonyl (C=O) groups is 1. The van der Waals surface area contributed by atoms with Crippen molar-refractivity contribution in [3.63, 3.8) is 0 Å². The van der Waals surface area contributed by atoms with Gasteiger partial charge in [0.05, 0.1) is 16.6 Å². The molecule has 0 aliphatic carbocycles. The number of fused-ring (bicyclic) bond motifs is 1. The molecule has 7 heteroatoms. The van der Waals surface area contributed by atoms with Crippen molar-refractivity contribution in [2.45, 2.75) is 13.8 Å². The van der Waals surface area contributed by atoms with Crippen molar-refractivity contribution in [3.8, 4) is 22.3 Å². The predicted octanol–water partition coefficient (Wildman–Crippen LogP) is 4.90. The van der Waals surface area contributed by atoms with Gasteiger partial charge in [-0.15, -0.1) is 11.3 Å². The van der Waals surface area contributed by atoms with Crippen LogP contribution in [-0.4, -0.2) is 11.0 Å². The van der Waals surface area contributed by atoms with E-state index < -0.39 is 6.03 Å². The number of rotatable bonds is 3. The summed E-state index contributed by atoms with van der Waals surface area (Å²) in [4.78, 5) is 16.6. The van der Waals surface area contributed by atoms with Gasteiger partial charge in [-0.05, 0) is 48.2 Å². The largest absolute Gasteiger partial charge is 0.396 e. The van der Waals surface area contributed by atoms with Crippen LogP contribution in [-0.2, 0) is 0 Å². The Hall–Kier alpha value is -3.58. The molecule has 2 aromatic carbocycles. The van der Waals surface area contributed by atoms with E-state index >= 15 is 0 Å². The van der Waals surface area contributed by atoms with E-state index in [1.165, 1.54) is 0 Å². The van der Waals surface area contributed by atoms with Gasteiger partial charge < -0.3 is 22.5 Å². The molecule has 29 heavy (non-hydrogen) atoms. The zero-order chi connectivity index (χ0) is 20.7. The number of nitrogen functional groups attached to an aromatic ring is 2. The Morgan fingerprint density at radius 1 is 1.03 bits per heavy atom. The van der Waals surface area contributed by atoms with Crippen molar-refractivity contribution in [1.29, 1.82) is 0 Å². The van der Waals surface area contributed by atoms with Crippen LogP contribution in [0.25, 0.3) is 32.3 Å².